The summed E-state index contributed by atoms with van der Waals surface area (Å²) in [5.74, 6) is -0.210. The molecule has 0 heterocycles. The minimum Gasteiger partial charge on any atom is -0.372 e. The SMILES string of the molecule is CCN(CC)c1ccc(/C=N/NC(=O)c2cccc3ccccc23)cc1. The number of hydrogen-bond acceptors (Lipinski definition) is 3. The molecule has 1 N–H and O–H groups in total. The highest BCUT2D eigenvalue weighted by molar-refractivity contribution is 6.07. The van der Waals surface area contributed by atoms with Gasteiger partial charge < -0.3 is 4.90 Å². The number of anilines is 1. The molecule has 4 nitrogen and oxygen atoms in total. The van der Waals surface area contributed by atoms with E-state index in [4.69, 9.17) is 0 Å². The first-order valence-electron chi connectivity index (χ1n) is 8.89. The fourth-order valence-corrected chi connectivity index (χ4v) is 3.01. The van der Waals surface area contributed by atoms with Crippen LogP contribution in [-0.2, 0) is 0 Å². The van der Waals surface area contributed by atoms with Crippen LogP contribution in [-0.4, -0.2) is 25.2 Å². The molecule has 0 aliphatic rings. The minimum absolute atomic E-state index is 0.210. The largest absolute Gasteiger partial charge is 0.372 e. The smallest absolute Gasteiger partial charge is 0.271 e. The van der Waals surface area contributed by atoms with Crippen molar-refractivity contribution in [3.63, 3.8) is 0 Å². The summed E-state index contributed by atoms with van der Waals surface area (Å²) >= 11 is 0. The van der Waals surface area contributed by atoms with Crippen molar-refractivity contribution < 1.29 is 4.79 Å². The zero-order valence-electron chi connectivity index (χ0n) is 15.1. The molecule has 0 saturated carbocycles. The second kappa shape index (κ2) is 8.30. The third-order valence-corrected chi connectivity index (χ3v) is 4.44. The standard InChI is InChI=1S/C22H23N3O/c1-3-25(4-2)19-14-12-17(13-15-19)16-23-24-22(26)21-11-7-9-18-8-5-6-10-20(18)21/h5-16H,3-4H2,1-2H3,(H,24,26)/b23-16+. The van der Waals surface area contributed by atoms with E-state index in [0.29, 0.717) is 5.56 Å². The Hall–Kier alpha value is -3.14. The van der Waals surface area contributed by atoms with Gasteiger partial charge in [-0.05, 0) is 48.4 Å². The van der Waals surface area contributed by atoms with Crippen molar-refractivity contribution in [3.05, 3.63) is 77.9 Å². The van der Waals surface area contributed by atoms with Gasteiger partial charge in [-0.15, -0.1) is 0 Å². The number of nitrogens with zero attached hydrogens (tertiary/aromatic N) is 2. The van der Waals surface area contributed by atoms with Gasteiger partial charge in [0.15, 0.2) is 0 Å². The molecule has 0 spiro atoms. The number of hydrogen-bond donors (Lipinski definition) is 1. The van der Waals surface area contributed by atoms with Gasteiger partial charge in [-0.1, -0.05) is 48.5 Å². The van der Waals surface area contributed by atoms with E-state index in [1.54, 1.807) is 6.21 Å². The molecule has 132 valence electrons. The van der Waals surface area contributed by atoms with Gasteiger partial charge in [-0.2, -0.15) is 5.10 Å². The molecule has 0 atom stereocenters. The number of carbonyl (C=O) groups excluding carboxylic acids is 1. The van der Waals surface area contributed by atoms with Gasteiger partial charge in [0.25, 0.3) is 5.91 Å². The van der Waals surface area contributed by atoms with E-state index >= 15 is 0 Å². The summed E-state index contributed by atoms with van der Waals surface area (Å²) in [6.07, 6.45) is 1.66. The molecular formula is C22H23N3O. The highest BCUT2D eigenvalue weighted by Gasteiger charge is 2.08. The first-order valence-corrected chi connectivity index (χ1v) is 8.89. The molecule has 3 aromatic carbocycles. The van der Waals surface area contributed by atoms with Crippen molar-refractivity contribution in [1.29, 1.82) is 0 Å². The van der Waals surface area contributed by atoms with E-state index < -0.39 is 0 Å². The topological polar surface area (TPSA) is 44.7 Å². The van der Waals surface area contributed by atoms with Crippen molar-refractivity contribution in [2.75, 3.05) is 18.0 Å². The third-order valence-electron chi connectivity index (χ3n) is 4.44. The van der Waals surface area contributed by atoms with Crippen LogP contribution in [0.1, 0.15) is 29.8 Å². The van der Waals surface area contributed by atoms with Crippen LogP contribution >= 0.6 is 0 Å². The lowest BCUT2D eigenvalue weighted by Gasteiger charge is -2.20. The Balaban J connectivity index is 1.69. The molecule has 4 heteroatoms. The number of hydrazone groups is 1. The van der Waals surface area contributed by atoms with Gasteiger partial charge >= 0.3 is 0 Å². The Morgan fingerprint density at radius 2 is 1.65 bits per heavy atom. The van der Waals surface area contributed by atoms with E-state index in [1.807, 2.05) is 54.6 Å². The van der Waals surface area contributed by atoms with Crippen LogP contribution in [0.2, 0.25) is 0 Å². The Morgan fingerprint density at radius 1 is 0.962 bits per heavy atom. The number of fused-ring (bicyclic) bond motifs is 1. The number of rotatable bonds is 6. The predicted octanol–water partition coefficient (Wildman–Crippen LogP) is 4.45. The summed E-state index contributed by atoms with van der Waals surface area (Å²) in [6.45, 7) is 6.24. The number of amides is 1. The summed E-state index contributed by atoms with van der Waals surface area (Å²) in [4.78, 5) is 14.7. The lowest BCUT2D eigenvalue weighted by atomic mass is 10.0. The molecule has 0 aliphatic heterocycles. The first-order chi connectivity index (χ1) is 12.7. The third kappa shape index (κ3) is 3.91. The van der Waals surface area contributed by atoms with Crippen LogP contribution in [0, 0.1) is 0 Å². The summed E-state index contributed by atoms with van der Waals surface area (Å²) < 4.78 is 0. The van der Waals surface area contributed by atoms with Crippen molar-refractivity contribution in [1.82, 2.24) is 5.43 Å². The van der Waals surface area contributed by atoms with Crippen molar-refractivity contribution in [2.45, 2.75) is 13.8 Å². The van der Waals surface area contributed by atoms with Gasteiger partial charge in [-0.25, -0.2) is 5.43 Å². The Bertz CT molecular complexity index is 907. The molecule has 0 saturated heterocycles. The average molecular weight is 345 g/mol. The maximum atomic E-state index is 12.4. The Morgan fingerprint density at radius 3 is 2.38 bits per heavy atom. The highest BCUT2D eigenvalue weighted by Crippen LogP contribution is 2.18. The molecule has 0 radical (unpaired) electrons. The van der Waals surface area contributed by atoms with Gasteiger partial charge in [0.1, 0.15) is 0 Å². The van der Waals surface area contributed by atoms with E-state index in [9.17, 15) is 4.79 Å². The van der Waals surface area contributed by atoms with Crippen LogP contribution in [0.3, 0.4) is 0 Å². The lowest BCUT2D eigenvalue weighted by molar-refractivity contribution is 0.0957. The molecule has 0 fully saturated rings. The molecule has 1 amide bonds. The van der Waals surface area contributed by atoms with E-state index in [0.717, 1.165) is 29.4 Å². The predicted molar refractivity (Wildman–Crippen MR) is 109 cm³/mol. The Kier molecular flexibility index (Phi) is 5.64. The molecule has 3 rings (SSSR count). The summed E-state index contributed by atoms with van der Waals surface area (Å²) in [6, 6.07) is 21.7. The molecule has 0 unspecified atom stereocenters. The fourth-order valence-electron chi connectivity index (χ4n) is 3.01. The normalized spacial score (nSPS) is 11.0. The quantitative estimate of drug-likeness (QED) is 0.530. The minimum atomic E-state index is -0.210. The van der Waals surface area contributed by atoms with Gasteiger partial charge in [0.2, 0.25) is 0 Å². The second-order valence-corrected chi connectivity index (χ2v) is 5.99. The van der Waals surface area contributed by atoms with Crippen LogP contribution in [0.15, 0.2) is 71.8 Å². The highest BCUT2D eigenvalue weighted by atomic mass is 16.2. The monoisotopic (exact) mass is 345 g/mol. The van der Waals surface area contributed by atoms with E-state index in [2.05, 4.69) is 41.4 Å². The zero-order valence-corrected chi connectivity index (χ0v) is 15.1. The maximum absolute atomic E-state index is 12.4. The van der Waals surface area contributed by atoms with Crippen LogP contribution in [0.25, 0.3) is 10.8 Å². The van der Waals surface area contributed by atoms with Crippen LogP contribution in [0.4, 0.5) is 5.69 Å². The first kappa shape index (κ1) is 17.7. The van der Waals surface area contributed by atoms with Crippen LogP contribution < -0.4 is 10.3 Å². The van der Waals surface area contributed by atoms with Gasteiger partial charge in [0.05, 0.1) is 6.21 Å². The summed E-state index contributed by atoms with van der Waals surface area (Å²) in [5, 5.41) is 6.06. The number of nitrogens with one attached hydrogen (secondary N) is 1. The lowest BCUT2D eigenvalue weighted by Crippen LogP contribution is -2.21. The number of benzene rings is 3. The molecule has 3 aromatic rings. The molecular weight excluding hydrogens is 322 g/mol. The van der Waals surface area contributed by atoms with Crippen LogP contribution in [0.5, 0.6) is 0 Å². The fraction of sp³-hybridized carbons (Fsp3) is 0.182. The van der Waals surface area contributed by atoms with Crippen molar-refractivity contribution in [2.24, 2.45) is 5.10 Å². The van der Waals surface area contributed by atoms with E-state index in [1.165, 1.54) is 5.69 Å². The van der Waals surface area contributed by atoms with Gasteiger partial charge in [-0.3, -0.25) is 4.79 Å². The maximum Gasteiger partial charge on any atom is 0.271 e. The summed E-state index contributed by atoms with van der Waals surface area (Å²) in [5.41, 5.74) is 5.37. The average Bonchev–Trinajstić information content (AvgIpc) is 2.69. The summed E-state index contributed by atoms with van der Waals surface area (Å²) in [7, 11) is 0. The Labute approximate surface area is 154 Å². The molecule has 26 heavy (non-hydrogen) atoms. The second-order valence-electron chi connectivity index (χ2n) is 5.99. The van der Waals surface area contributed by atoms with E-state index in [-0.39, 0.29) is 5.91 Å². The molecule has 0 bridgehead atoms. The molecule has 0 aliphatic carbocycles. The molecule has 0 aromatic heterocycles. The van der Waals surface area contributed by atoms with Gasteiger partial charge in [0, 0.05) is 24.3 Å². The van der Waals surface area contributed by atoms with Crippen molar-refractivity contribution in [3.8, 4) is 0 Å². The zero-order chi connectivity index (χ0) is 18.4. The van der Waals surface area contributed by atoms with Crippen molar-refractivity contribution >= 4 is 28.6 Å². The number of carbonyl (C=O) groups is 1.